The molecule has 1 saturated heterocycles. The normalized spacial score (nSPS) is 13.2. The van der Waals surface area contributed by atoms with Gasteiger partial charge in [0, 0.05) is 32.1 Å². The lowest BCUT2D eigenvalue weighted by Gasteiger charge is -2.16. The number of nitrogens with one attached hydrogen (secondary N) is 1. The number of nitro benzene ring substituents is 1. The highest BCUT2D eigenvalue weighted by Crippen LogP contribution is 2.46. The Kier molecular flexibility index (Phi) is 6.80. The minimum Gasteiger partial charge on any atom is -0.493 e. The number of nitrogens with zero attached hydrogens (tertiary/aromatic N) is 2. The van der Waals surface area contributed by atoms with Crippen molar-refractivity contribution in [1.29, 1.82) is 0 Å². The van der Waals surface area contributed by atoms with Crippen molar-refractivity contribution in [1.82, 2.24) is 10.2 Å². The van der Waals surface area contributed by atoms with Crippen molar-refractivity contribution < 1.29 is 28.7 Å². The quantitative estimate of drug-likeness (QED) is 0.533. The Morgan fingerprint density at radius 2 is 1.78 bits per heavy atom. The predicted molar refractivity (Wildman–Crippen MR) is 95.5 cm³/mol. The van der Waals surface area contributed by atoms with E-state index in [1.165, 1.54) is 27.4 Å². The lowest BCUT2D eigenvalue weighted by Crippen LogP contribution is -2.33. The molecular weight excluding hydrogens is 358 g/mol. The number of methoxy groups -OCH3 is 3. The average Bonchev–Trinajstić information content (AvgIpc) is 3.20. The first-order chi connectivity index (χ1) is 12.9. The maximum Gasteiger partial charge on any atom is 0.327 e. The van der Waals surface area contributed by atoms with Gasteiger partial charge in [-0.05, 0) is 12.8 Å². The van der Waals surface area contributed by atoms with Crippen LogP contribution in [0.4, 0.5) is 5.69 Å². The summed E-state index contributed by atoms with van der Waals surface area (Å²) in [6.45, 7) is 1.53. The van der Waals surface area contributed by atoms with Gasteiger partial charge in [-0.2, -0.15) is 0 Å². The third-order valence-corrected chi connectivity index (χ3v) is 4.31. The molecule has 0 aliphatic carbocycles. The van der Waals surface area contributed by atoms with Crippen molar-refractivity contribution in [3.05, 3.63) is 21.7 Å². The smallest absolute Gasteiger partial charge is 0.327 e. The summed E-state index contributed by atoms with van der Waals surface area (Å²) in [6.07, 6.45) is 2.09. The van der Waals surface area contributed by atoms with Gasteiger partial charge in [0.2, 0.25) is 17.4 Å². The summed E-state index contributed by atoms with van der Waals surface area (Å²) in [7, 11) is 3.90. The highest BCUT2D eigenvalue weighted by atomic mass is 16.6. The van der Waals surface area contributed by atoms with Gasteiger partial charge in [-0.1, -0.05) is 0 Å². The molecule has 2 rings (SSSR count). The van der Waals surface area contributed by atoms with E-state index in [-0.39, 0.29) is 41.7 Å². The molecule has 148 valence electrons. The highest BCUT2D eigenvalue weighted by Gasteiger charge is 2.32. The summed E-state index contributed by atoms with van der Waals surface area (Å²) in [5.41, 5.74) is -0.762. The zero-order valence-corrected chi connectivity index (χ0v) is 15.6. The van der Waals surface area contributed by atoms with Crippen molar-refractivity contribution in [3.8, 4) is 17.2 Å². The summed E-state index contributed by atoms with van der Waals surface area (Å²) in [5, 5.41) is 14.1. The van der Waals surface area contributed by atoms with Gasteiger partial charge < -0.3 is 24.4 Å². The molecule has 0 aromatic heterocycles. The Bertz CT molecular complexity index is 730. The van der Waals surface area contributed by atoms with E-state index in [1.54, 1.807) is 4.90 Å². The maximum atomic E-state index is 12.5. The summed E-state index contributed by atoms with van der Waals surface area (Å²) in [4.78, 5) is 37.1. The minimum atomic E-state index is -0.717. The molecule has 1 fully saturated rings. The Hall–Kier alpha value is -3.04. The van der Waals surface area contributed by atoms with Crippen LogP contribution in [0.15, 0.2) is 6.07 Å². The molecule has 0 unspecified atom stereocenters. The molecule has 1 aromatic carbocycles. The molecule has 0 spiro atoms. The van der Waals surface area contributed by atoms with Crippen molar-refractivity contribution in [3.63, 3.8) is 0 Å². The summed E-state index contributed by atoms with van der Waals surface area (Å²) in [6, 6.07) is 1.22. The monoisotopic (exact) mass is 381 g/mol. The largest absolute Gasteiger partial charge is 0.493 e. The lowest BCUT2D eigenvalue weighted by molar-refractivity contribution is -0.386. The zero-order chi connectivity index (χ0) is 20.0. The zero-order valence-electron chi connectivity index (χ0n) is 15.6. The number of benzene rings is 1. The van der Waals surface area contributed by atoms with Crippen LogP contribution in [0.25, 0.3) is 0 Å². The number of carbonyl (C=O) groups excluding carboxylic acids is 2. The van der Waals surface area contributed by atoms with Gasteiger partial charge in [0.15, 0.2) is 5.75 Å². The standard InChI is InChI=1S/C17H23N3O7/c1-25-12-10-11(14(20(23)24)16(27-3)15(12)26-2)17(22)18-7-6-13(21)19-8-4-5-9-19/h10H,4-9H2,1-3H3,(H,18,22). The molecule has 1 heterocycles. The minimum absolute atomic E-state index is 0.0208. The Balaban J connectivity index is 2.21. The molecule has 10 nitrogen and oxygen atoms in total. The van der Waals surface area contributed by atoms with Gasteiger partial charge in [-0.3, -0.25) is 19.7 Å². The summed E-state index contributed by atoms with van der Waals surface area (Å²) >= 11 is 0. The van der Waals surface area contributed by atoms with Gasteiger partial charge in [0.1, 0.15) is 5.56 Å². The van der Waals surface area contributed by atoms with E-state index in [0.717, 1.165) is 25.9 Å². The van der Waals surface area contributed by atoms with Crippen LogP contribution in [-0.2, 0) is 4.79 Å². The number of hydrogen-bond donors (Lipinski definition) is 1. The van der Waals surface area contributed by atoms with Crippen LogP contribution in [-0.4, -0.2) is 62.6 Å². The van der Waals surface area contributed by atoms with Crippen LogP contribution < -0.4 is 19.5 Å². The number of nitro groups is 1. The van der Waals surface area contributed by atoms with E-state index in [9.17, 15) is 19.7 Å². The van der Waals surface area contributed by atoms with E-state index in [4.69, 9.17) is 14.2 Å². The Morgan fingerprint density at radius 3 is 2.30 bits per heavy atom. The second-order valence-corrected chi connectivity index (χ2v) is 5.89. The first kappa shape index (κ1) is 20.3. The molecule has 10 heteroatoms. The molecule has 1 aromatic rings. The summed E-state index contributed by atoms with van der Waals surface area (Å²) in [5.74, 6) is -0.812. The van der Waals surface area contributed by atoms with Crippen LogP contribution in [0.3, 0.4) is 0 Å². The van der Waals surface area contributed by atoms with Crippen molar-refractivity contribution in [2.75, 3.05) is 41.0 Å². The molecule has 1 aliphatic rings. The van der Waals surface area contributed by atoms with E-state index in [2.05, 4.69) is 5.32 Å². The van der Waals surface area contributed by atoms with E-state index in [0.29, 0.717) is 0 Å². The SMILES string of the molecule is COc1cc(C(=O)NCCC(=O)N2CCCC2)c([N+](=O)[O-])c(OC)c1OC. The average molecular weight is 381 g/mol. The fraction of sp³-hybridized carbons (Fsp3) is 0.529. The third-order valence-electron chi connectivity index (χ3n) is 4.31. The number of amides is 2. The van der Waals surface area contributed by atoms with Crippen LogP contribution in [0, 0.1) is 10.1 Å². The van der Waals surface area contributed by atoms with Crippen molar-refractivity contribution in [2.24, 2.45) is 0 Å². The van der Waals surface area contributed by atoms with E-state index in [1.807, 2.05) is 0 Å². The number of carbonyl (C=O) groups is 2. The maximum absolute atomic E-state index is 12.5. The molecular formula is C17H23N3O7. The van der Waals surface area contributed by atoms with Gasteiger partial charge in [-0.15, -0.1) is 0 Å². The second-order valence-electron chi connectivity index (χ2n) is 5.89. The van der Waals surface area contributed by atoms with Gasteiger partial charge in [0.25, 0.3) is 5.91 Å². The fourth-order valence-corrected chi connectivity index (χ4v) is 3.00. The molecule has 1 aliphatic heterocycles. The first-order valence-corrected chi connectivity index (χ1v) is 8.47. The van der Waals surface area contributed by atoms with E-state index >= 15 is 0 Å². The second kappa shape index (κ2) is 9.06. The molecule has 1 N–H and O–H groups in total. The Morgan fingerprint density at radius 1 is 1.15 bits per heavy atom. The van der Waals surface area contributed by atoms with Crippen LogP contribution >= 0.6 is 0 Å². The fourth-order valence-electron chi connectivity index (χ4n) is 3.00. The number of likely N-dealkylation sites (tertiary alicyclic amines) is 1. The molecule has 2 amide bonds. The van der Waals surface area contributed by atoms with Crippen molar-refractivity contribution >= 4 is 17.5 Å². The van der Waals surface area contributed by atoms with Gasteiger partial charge in [0.05, 0.1) is 26.3 Å². The number of rotatable bonds is 8. The topological polar surface area (TPSA) is 120 Å². The van der Waals surface area contributed by atoms with Crippen LogP contribution in [0.2, 0.25) is 0 Å². The highest BCUT2D eigenvalue weighted by molar-refractivity contribution is 6.00. The third kappa shape index (κ3) is 4.39. The molecule has 0 atom stereocenters. The molecule has 27 heavy (non-hydrogen) atoms. The molecule has 0 bridgehead atoms. The number of ether oxygens (including phenoxy) is 3. The van der Waals surface area contributed by atoms with Crippen molar-refractivity contribution in [2.45, 2.75) is 19.3 Å². The Labute approximate surface area is 156 Å². The summed E-state index contributed by atoms with van der Waals surface area (Å²) < 4.78 is 15.3. The predicted octanol–water partition coefficient (Wildman–Crippen LogP) is 1.36. The molecule has 0 saturated carbocycles. The van der Waals surface area contributed by atoms with Gasteiger partial charge in [-0.25, -0.2) is 0 Å². The molecule has 0 radical (unpaired) electrons. The van der Waals surface area contributed by atoms with Crippen LogP contribution in [0.1, 0.15) is 29.6 Å². The van der Waals surface area contributed by atoms with E-state index < -0.39 is 16.5 Å². The number of hydrogen-bond acceptors (Lipinski definition) is 7. The lowest BCUT2D eigenvalue weighted by atomic mass is 10.1. The van der Waals surface area contributed by atoms with Gasteiger partial charge >= 0.3 is 5.69 Å². The first-order valence-electron chi connectivity index (χ1n) is 8.47. The van der Waals surface area contributed by atoms with Crippen LogP contribution in [0.5, 0.6) is 17.2 Å².